The zero-order valence-electron chi connectivity index (χ0n) is 17.8. The van der Waals surface area contributed by atoms with E-state index in [9.17, 15) is 4.79 Å². The molecule has 0 aliphatic rings. The first-order valence-corrected chi connectivity index (χ1v) is 10.2. The van der Waals surface area contributed by atoms with Crippen LogP contribution in [0.15, 0.2) is 65.1 Å². The molecule has 0 spiro atoms. The molecular formula is C24H21N3O4S. The normalized spacial score (nSPS) is 10.6. The van der Waals surface area contributed by atoms with Crippen LogP contribution in [0.3, 0.4) is 0 Å². The molecule has 1 amide bonds. The summed E-state index contributed by atoms with van der Waals surface area (Å²) in [5.74, 6) is 1.14. The van der Waals surface area contributed by atoms with Crippen molar-refractivity contribution in [1.29, 1.82) is 0 Å². The van der Waals surface area contributed by atoms with E-state index in [0.717, 1.165) is 22.2 Å². The number of oxazole rings is 1. The van der Waals surface area contributed by atoms with Gasteiger partial charge in [-0.3, -0.25) is 10.1 Å². The van der Waals surface area contributed by atoms with Crippen LogP contribution in [0.4, 0.5) is 5.69 Å². The number of carbonyl (C=O) groups is 1. The molecule has 0 unspecified atom stereocenters. The Hall–Kier alpha value is -3.91. The molecule has 0 atom stereocenters. The molecule has 0 saturated carbocycles. The number of carbonyl (C=O) groups excluding carboxylic acids is 1. The minimum Gasteiger partial charge on any atom is -0.497 e. The molecule has 32 heavy (non-hydrogen) atoms. The van der Waals surface area contributed by atoms with Crippen LogP contribution in [-0.4, -0.2) is 30.2 Å². The van der Waals surface area contributed by atoms with Crippen LogP contribution in [0, 0.1) is 6.92 Å². The van der Waals surface area contributed by atoms with Gasteiger partial charge in [-0.05, 0) is 73.2 Å². The Morgan fingerprint density at radius 3 is 2.50 bits per heavy atom. The number of rotatable bonds is 5. The van der Waals surface area contributed by atoms with Crippen LogP contribution in [0.5, 0.6) is 11.5 Å². The molecule has 162 valence electrons. The largest absolute Gasteiger partial charge is 0.497 e. The van der Waals surface area contributed by atoms with Gasteiger partial charge < -0.3 is 19.2 Å². The fraction of sp³-hybridized carbons (Fsp3) is 0.125. The lowest BCUT2D eigenvalue weighted by Crippen LogP contribution is -2.34. The van der Waals surface area contributed by atoms with E-state index in [1.54, 1.807) is 25.3 Å². The first-order chi connectivity index (χ1) is 15.5. The number of benzene rings is 3. The number of fused-ring (bicyclic) bond motifs is 1. The third-order valence-corrected chi connectivity index (χ3v) is 5.02. The van der Waals surface area contributed by atoms with Crippen molar-refractivity contribution >= 4 is 40.0 Å². The van der Waals surface area contributed by atoms with Crippen molar-refractivity contribution in [3.8, 4) is 23.0 Å². The van der Waals surface area contributed by atoms with Gasteiger partial charge in [0.1, 0.15) is 17.0 Å². The van der Waals surface area contributed by atoms with Gasteiger partial charge in [-0.25, -0.2) is 4.98 Å². The number of amides is 1. The maximum Gasteiger partial charge on any atom is 0.261 e. The molecule has 1 heterocycles. The molecule has 3 aromatic carbocycles. The predicted molar refractivity (Wildman–Crippen MR) is 127 cm³/mol. The molecule has 2 N–H and O–H groups in total. The van der Waals surface area contributed by atoms with E-state index in [1.807, 2.05) is 49.4 Å². The molecule has 4 aromatic rings. The number of anilines is 1. The minimum atomic E-state index is -0.389. The summed E-state index contributed by atoms with van der Waals surface area (Å²) in [6.07, 6.45) is 0. The number of thiocarbonyl (C=S) groups is 1. The SMILES string of the molecule is COc1ccc(C(=O)NC(=S)Nc2ccc(-c3nc4cc(C)ccc4o3)cc2)c(OC)c1. The summed E-state index contributed by atoms with van der Waals surface area (Å²) < 4.78 is 16.3. The van der Waals surface area contributed by atoms with Crippen LogP contribution >= 0.6 is 12.2 Å². The van der Waals surface area contributed by atoms with Crippen molar-refractivity contribution in [3.63, 3.8) is 0 Å². The van der Waals surface area contributed by atoms with Gasteiger partial charge in [-0.2, -0.15) is 0 Å². The summed E-state index contributed by atoms with van der Waals surface area (Å²) in [5, 5.41) is 5.82. The molecular weight excluding hydrogens is 426 g/mol. The second kappa shape index (κ2) is 9.07. The molecule has 0 bridgehead atoms. The Kier molecular flexibility index (Phi) is 6.04. The highest BCUT2D eigenvalue weighted by Gasteiger charge is 2.15. The quantitative estimate of drug-likeness (QED) is 0.419. The summed E-state index contributed by atoms with van der Waals surface area (Å²) in [6, 6.07) is 18.2. The number of nitrogens with zero attached hydrogens (tertiary/aromatic N) is 1. The topological polar surface area (TPSA) is 85.6 Å². The van der Waals surface area contributed by atoms with Crippen molar-refractivity contribution < 1.29 is 18.7 Å². The first-order valence-electron chi connectivity index (χ1n) is 9.79. The summed E-state index contributed by atoms with van der Waals surface area (Å²) in [6.45, 7) is 2.01. The Labute approximate surface area is 190 Å². The average molecular weight is 448 g/mol. The summed E-state index contributed by atoms with van der Waals surface area (Å²) in [7, 11) is 3.03. The van der Waals surface area contributed by atoms with E-state index >= 15 is 0 Å². The van der Waals surface area contributed by atoms with E-state index in [-0.39, 0.29) is 11.0 Å². The highest BCUT2D eigenvalue weighted by atomic mass is 32.1. The molecule has 0 aliphatic heterocycles. The van der Waals surface area contributed by atoms with E-state index in [0.29, 0.717) is 28.6 Å². The van der Waals surface area contributed by atoms with Gasteiger partial charge in [-0.15, -0.1) is 0 Å². The molecule has 0 fully saturated rings. The maximum absolute atomic E-state index is 12.6. The van der Waals surface area contributed by atoms with E-state index in [1.165, 1.54) is 7.11 Å². The lowest BCUT2D eigenvalue weighted by atomic mass is 10.2. The van der Waals surface area contributed by atoms with Gasteiger partial charge in [0.2, 0.25) is 5.89 Å². The Morgan fingerprint density at radius 1 is 1.00 bits per heavy atom. The fourth-order valence-electron chi connectivity index (χ4n) is 3.18. The lowest BCUT2D eigenvalue weighted by Gasteiger charge is -2.12. The van der Waals surface area contributed by atoms with Crippen molar-refractivity contribution in [2.45, 2.75) is 6.92 Å². The number of nitrogens with one attached hydrogen (secondary N) is 2. The molecule has 0 aliphatic carbocycles. The first kappa shape index (κ1) is 21.3. The highest BCUT2D eigenvalue weighted by molar-refractivity contribution is 7.80. The standard InChI is InChI=1S/C24H21N3O4S/c1-14-4-11-20-19(12-14)26-23(31-20)15-5-7-16(8-6-15)25-24(32)27-22(28)18-10-9-17(29-2)13-21(18)30-3/h4-13H,1-3H3,(H2,25,27,28,32). The fourth-order valence-corrected chi connectivity index (χ4v) is 3.39. The Morgan fingerprint density at radius 2 is 1.78 bits per heavy atom. The van der Waals surface area contributed by atoms with Crippen molar-refractivity contribution in [2.75, 3.05) is 19.5 Å². The molecule has 0 saturated heterocycles. The number of ether oxygens (including phenoxy) is 2. The summed E-state index contributed by atoms with van der Waals surface area (Å²) in [4.78, 5) is 17.1. The van der Waals surface area contributed by atoms with E-state index < -0.39 is 0 Å². The molecule has 4 rings (SSSR count). The number of methoxy groups -OCH3 is 2. The van der Waals surface area contributed by atoms with Crippen molar-refractivity contribution in [1.82, 2.24) is 10.3 Å². The second-order valence-electron chi connectivity index (χ2n) is 7.04. The Balaban J connectivity index is 1.43. The molecule has 1 aromatic heterocycles. The van der Waals surface area contributed by atoms with Crippen molar-refractivity contribution in [3.05, 3.63) is 71.8 Å². The molecule has 8 heteroatoms. The third kappa shape index (κ3) is 4.55. The van der Waals surface area contributed by atoms with E-state index in [2.05, 4.69) is 15.6 Å². The smallest absolute Gasteiger partial charge is 0.261 e. The zero-order valence-corrected chi connectivity index (χ0v) is 18.6. The second-order valence-corrected chi connectivity index (χ2v) is 7.45. The number of aromatic nitrogens is 1. The van der Waals surface area contributed by atoms with Crippen LogP contribution in [0.1, 0.15) is 15.9 Å². The third-order valence-electron chi connectivity index (χ3n) is 4.81. The zero-order chi connectivity index (χ0) is 22.7. The van der Waals surface area contributed by atoms with Gasteiger partial charge in [0.05, 0.1) is 19.8 Å². The average Bonchev–Trinajstić information content (AvgIpc) is 3.22. The number of hydrogen-bond acceptors (Lipinski definition) is 6. The monoisotopic (exact) mass is 447 g/mol. The predicted octanol–water partition coefficient (Wildman–Crippen LogP) is 4.95. The van der Waals surface area contributed by atoms with Gasteiger partial charge in [0.15, 0.2) is 10.7 Å². The van der Waals surface area contributed by atoms with Crippen LogP contribution in [0.25, 0.3) is 22.6 Å². The van der Waals surface area contributed by atoms with Crippen molar-refractivity contribution in [2.24, 2.45) is 0 Å². The van der Waals surface area contributed by atoms with E-state index in [4.69, 9.17) is 26.1 Å². The number of aryl methyl sites for hydroxylation is 1. The lowest BCUT2D eigenvalue weighted by molar-refractivity contribution is 0.0974. The number of hydrogen-bond donors (Lipinski definition) is 2. The van der Waals surface area contributed by atoms with Crippen LogP contribution in [0.2, 0.25) is 0 Å². The van der Waals surface area contributed by atoms with Gasteiger partial charge >= 0.3 is 0 Å². The minimum absolute atomic E-state index is 0.165. The summed E-state index contributed by atoms with van der Waals surface area (Å²) >= 11 is 5.28. The van der Waals surface area contributed by atoms with Crippen LogP contribution in [-0.2, 0) is 0 Å². The van der Waals surface area contributed by atoms with Gasteiger partial charge in [0, 0.05) is 17.3 Å². The maximum atomic E-state index is 12.6. The summed E-state index contributed by atoms with van der Waals surface area (Å²) in [5.41, 5.74) is 4.58. The molecule has 0 radical (unpaired) electrons. The highest BCUT2D eigenvalue weighted by Crippen LogP contribution is 2.26. The Bertz CT molecular complexity index is 1300. The molecule has 7 nitrogen and oxygen atoms in total. The van der Waals surface area contributed by atoms with Gasteiger partial charge in [-0.1, -0.05) is 6.07 Å². The van der Waals surface area contributed by atoms with Crippen LogP contribution < -0.4 is 20.1 Å². The van der Waals surface area contributed by atoms with Gasteiger partial charge in [0.25, 0.3) is 5.91 Å².